The molecule has 0 saturated carbocycles. The molecule has 1 aromatic rings. The van der Waals surface area contributed by atoms with Crippen LogP contribution in [0.25, 0.3) is 0 Å². The third-order valence-electron chi connectivity index (χ3n) is 2.15. The SMILES string of the molecule is N=CC(C=N)Oc1ccc(CCC(=O)O)cc1. The number of aryl methyl sites for hydroxylation is 1. The molecule has 0 amide bonds. The Morgan fingerprint density at radius 2 is 1.88 bits per heavy atom. The number of ether oxygens (including phenoxy) is 1. The largest absolute Gasteiger partial charge is 0.481 e. The molecule has 5 nitrogen and oxygen atoms in total. The topological polar surface area (TPSA) is 94.2 Å². The fourth-order valence-corrected chi connectivity index (χ4v) is 1.26. The minimum Gasteiger partial charge on any atom is -0.481 e. The Kier molecular flexibility index (Phi) is 4.87. The van der Waals surface area contributed by atoms with E-state index >= 15 is 0 Å². The molecule has 3 N–H and O–H groups in total. The van der Waals surface area contributed by atoms with Crippen molar-refractivity contribution in [1.29, 1.82) is 10.8 Å². The van der Waals surface area contributed by atoms with Gasteiger partial charge in [-0.2, -0.15) is 0 Å². The number of hydrogen-bond donors (Lipinski definition) is 3. The first-order chi connectivity index (χ1) is 8.15. The van der Waals surface area contributed by atoms with Crippen LogP contribution in [0.5, 0.6) is 5.75 Å². The lowest BCUT2D eigenvalue weighted by molar-refractivity contribution is -0.136. The average Bonchev–Trinajstić information content (AvgIpc) is 2.34. The van der Waals surface area contributed by atoms with Gasteiger partial charge in [0, 0.05) is 18.9 Å². The van der Waals surface area contributed by atoms with Crippen molar-refractivity contribution < 1.29 is 14.6 Å². The number of hydrogen-bond acceptors (Lipinski definition) is 4. The van der Waals surface area contributed by atoms with Gasteiger partial charge in [-0.05, 0) is 24.1 Å². The summed E-state index contributed by atoms with van der Waals surface area (Å²) in [6, 6.07) is 6.97. The standard InChI is InChI=1S/C12H14N2O3/c13-7-11(8-14)17-10-4-1-9(2-5-10)3-6-12(15)16/h1-2,4-5,7-8,11,13-14H,3,6H2,(H,15,16). The maximum atomic E-state index is 10.4. The van der Waals surface area contributed by atoms with E-state index in [9.17, 15) is 4.79 Å². The molecule has 0 radical (unpaired) electrons. The van der Waals surface area contributed by atoms with Gasteiger partial charge in [-0.15, -0.1) is 0 Å². The Hall–Kier alpha value is -2.17. The fraction of sp³-hybridized carbons (Fsp3) is 0.250. The number of aliphatic carboxylic acids is 1. The fourth-order valence-electron chi connectivity index (χ4n) is 1.26. The minimum atomic E-state index is -0.821. The molecule has 5 heteroatoms. The molecule has 90 valence electrons. The lowest BCUT2D eigenvalue weighted by atomic mass is 10.1. The Bertz CT molecular complexity index is 393. The van der Waals surface area contributed by atoms with E-state index in [0.717, 1.165) is 18.0 Å². The highest BCUT2D eigenvalue weighted by Crippen LogP contribution is 2.14. The zero-order valence-electron chi connectivity index (χ0n) is 9.22. The average molecular weight is 234 g/mol. The second-order valence-corrected chi connectivity index (χ2v) is 3.45. The Morgan fingerprint density at radius 3 is 2.35 bits per heavy atom. The van der Waals surface area contributed by atoms with E-state index in [1.165, 1.54) is 0 Å². The van der Waals surface area contributed by atoms with Crippen molar-refractivity contribution in [2.24, 2.45) is 0 Å². The molecule has 0 aliphatic carbocycles. The van der Waals surface area contributed by atoms with Crippen LogP contribution in [0.4, 0.5) is 0 Å². The summed E-state index contributed by atoms with van der Waals surface area (Å²) in [7, 11) is 0. The van der Waals surface area contributed by atoms with E-state index in [4.69, 9.17) is 20.7 Å². The zero-order valence-corrected chi connectivity index (χ0v) is 9.22. The third kappa shape index (κ3) is 4.46. The van der Waals surface area contributed by atoms with Crippen molar-refractivity contribution >= 4 is 18.4 Å². The van der Waals surface area contributed by atoms with Gasteiger partial charge in [0.15, 0.2) is 6.10 Å². The predicted molar refractivity (Wildman–Crippen MR) is 64.4 cm³/mol. The van der Waals surface area contributed by atoms with Crippen LogP contribution in [0.15, 0.2) is 24.3 Å². The second-order valence-electron chi connectivity index (χ2n) is 3.45. The van der Waals surface area contributed by atoms with Gasteiger partial charge in [0.25, 0.3) is 0 Å². The van der Waals surface area contributed by atoms with Crippen molar-refractivity contribution in [1.82, 2.24) is 0 Å². The van der Waals surface area contributed by atoms with Crippen LogP contribution >= 0.6 is 0 Å². The summed E-state index contributed by atoms with van der Waals surface area (Å²) in [5, 5.41) is 22.5. The molecule has 0 heterocycles. The first kappa shape index (κ1) is 12.9. The molecule has 1 aromatic carbocycles. The number of carboxylic acid groups (broad SMARTS) is 1. The van der Waals surface area contributed by atoms with Gasteiger partial charge in [0.1, 0.15) is 5.75 Å². The summed E-state index contributed by atoms with van der Waals surface area (Å²) in [5.74, 6) is -0.265. The summed E-state index contributed by atoms with van der Waals surface area (Å²) in [4.78, 5) is 10.4. The molecule has 0 aliphatic rings. The van der Waals surface area contributed by atoms with E-state index in [-0.39, 0.29) is 6.42 Å². The van der Waals surface area contributed by atoms with E-state index in [0.29, 0.717) is 12.2 Å². The Labute approximate surface area is 99.1 Å². The number of nitrogens with one attached hydrogen (secondary N) is 2. The van der Waals surface area contributed by atoms with E-state index in [1.54, 1.807) is 24.3 Å². The number of carboxylic acids is 1. The smallest absolute Gasteiger partial charge is 0.303 e. The van der Waals surface area contributed by atoms with Gasteiger partial charge in [-0.25, -0.2) is 0 Å². The van der Waals surface area contributed by atoms with E-state index in [2.05, 4.69) is 0 Å². The highest BCUT2D eigenvalue weighted by molar-refractivity contribution is 5.84. The molecule has 0 spiro atoms. The first-order valence-electron chi connectivity index (χ1n) is 5.14. The monoisotopic (exact) mass is 234 g/mol. The van der Waals surface area contributed by atoms with Crippen molar-refractivity contribution in [2.45, 2.75) is 18.9 Å². The quantitative estimate of drug-likeness (QED) is 0.627. The molecule has 0 bridgehead atoms. The third-order valence-corrected chi connectivity index (χ3v) is 2.15. The molecule has 0 atom stereocenters. The van der Waals surface area contributed by atoms with E-state index < -0.39 is 12.1 Å². The number of benzene rings is 1. The molecular weight excluding hydrogens is 220 g/mol. The van der Waals surface area contributed by atoms with Crippen molar-refractivity contribution in [3.8, 4) is 5.75 Å². The van der Waals surface area contributed by atoms with Gasteiger partial charge >= 0.3 is 5.97 Å². The highest BCUT2D eigenvalue weighted by atomic mass is 16.5. The second kappa shape index (κ2) is 6.42. The number of carbonyl (C=O) groups is 1. The molecule has 0 fully saturated rings. The summed E-state index contributed by atoms with van der Waals surface area (Å²) >= 11 is 0. The maximum absolute atomic E-state index is 10.4. The van der Waals surface area contributed by atoms with Crippen LogP contribution in [-0.4, -0.2) is 29.6 Å². The van der Waals surface area contributed by atoms with Gasteiger partial charge in [0.2, 0.25) is 0 Å². The normalized spacial score (nSPS) is 11.5. The summed E-state index contributed by atoms with van der Waals surface area (Å²) < 4.78 is 5.29. The van der Waals surface area contributed by atoms with Crippen LogP contribution in [0.1, 0.15) is 12.0 Å². The van der Waals surface area contributed by atoms with Gasteiger partial charge in [-0.1, -0.05) is 12.1 Å². The molecule has 0 unspecified atom stereocenters. The summed E-state index contributed by atoms with van der Waals surface area (Å²) in [6.45, 7) is 0. The lowest BCUT2D eigenvalue weighted by Gasteiger charge is -2.10. The molecular formula is C12H14N2O3. The van der Waals surface area contributed by atoms with Gasteiger partial charge in [0.05, 0.1) is 0 Å². The first-order valence-corrected chi connectivity index (χ1v) is 5.14. The molecule has 0 saturated heterocycles. The van der Waals surface area contributed by atoms with Crippen LogP contribution < -0.4 is 4.74 Å². The highest BCUT2D eigenvalue weighted by Gasteiger charge is 2.03. The van der Waals surface area contributed by atoms with Crippen molar-refractivity contribution in [3.05, 3.63) is 29.8 Å². The molecule has 1 rings (SSSR count). The summed E-state index contributed by atoms with van der Waals surface area (Å²) in [6.07, 6.45) is 1.99. The van der Waals surface area contributed by atoms with Crippen molar-refractivity contribution in [2.75, 3.05) is 0 Å². The van der Waals surface area contributed by atoms with Crippen molar-refractivity contribution in [3.63, 3.8) is 0 Å². The van der Waals surface area contributed by atoms with Crippen LogP contribution in [-0.2, 0) is 11.2 Å². The van der Waals surface area contributed by atoms with Gasteiger partial charge < -0.3 is 20.7 Å². The van der Waals surface area contributed by atoms with Crippen LogP contribution in [0.2, 0.25) is 0 Å². The van der Waals surface area contributed by atoms with Crippen LogP contribution in [0, 0.1) is 10.8 Å². The molecule has 0 aromatic heterocycles. The minimum absolute atomic E-state index is 0.101. The maximum Gasteiger partial charge on any atom is 0.303 e. The Balaban J connectivity index is 2.58. The van der Waals surface area contributed by atoms with Crippen LogP contribution in [0.3, 0.4) is 0 Å². The molecule has 0 aliphatic heterocycles. The van der Waals surface area contributed by atoms with Gasteiger partial charge in [-0.3, -0.25) is 4.79 Å². The predicted octanol–water partition coefficient (Wildman–Crippen LogP) is 1.75. The summed E-state index contributed by atoms with van der Waals surface area (Å²) in [5.41, 5.74) is 0.918. The number of rotatable bonds is 7. The lowest BCUT2D eigenvalue weighted by Crippen LogP contribution is -2.18. The van der Waals surface area contributed by atoms with E-state index in [1.807, 2.05) is 0 Å². The molecule has 17 heavy (non-hydrogen) atoms. The zero-order chi connectivity index (χ0) is 12.7. The Morgan fingerprint density at radius 1 is 1.29 bits per heavy atom.